The highest BCUT2D eigenvalue weighted by Crippen LogP contribution is 2.42. The minimum Gasteiger partial charge on any atom is -0.352 e. The number of amides is 2. The van der Waals surface area contributed by atoms with Gasteiger partial charge in [-0.25, -0.2) is 0 Å². The van der Waals surface area contributed by atoms with Crippen LogP contribution in [0.4, 0.5) is 5.69 Å². The Morgan fingerprint density at radius 3 is 2.44 bits per heavy atom. The van der Waals surface area contributed by atoms with E-state index in [1.807, 2.05) is 65.6 Å². The topological polar surface area (TPSA) is 49.4 Å². The van der Waals surface area contributed by atoms with Gasteiger partial charge in [-0.3, -0.25) is 9.59 Å². The van der Waals surface area contributed by atoms with E-state index >= 15 is 0 Å². The van der Waals surface area contributed by atoms with Crippen molar-refractivity contribution in [1.29, 1.82) is 0 Å². The number of thioether (sulfide) groups is 2. The monoisotopic (exact) mass is 550 g/mol. The van der Waals surface area contributed by atoms with Crippen LogP contribution >= 0.6 is 23.5 Å². The molecular formula is C33H30N2O2S2. The molecule has 4 aromatic rings. The summed E-state index contributed by atoms with van der Waals surface area (Å²) in [5.74, 6) is -0.121. The molecule has 0 saturated carbocycles. The van der Waals surface area contributed by atoms with Gasteiger partial charge in [0.2, 0.25) is 0 Å². The molecule has 6 heteroatoms. The van der Waals surface area contributed by atoms with Crippen molar-refractivity contribution >= 4 is 47.1 Å². The van der Waals surface area contributed by atoms with Gasteiger partial charge in [-0.2, -0.15) is 0 Å². The quantitative estimate of drug-likeness (QED) is 0.184. The summed E-state index contributed by atoms with van der Waals surface area (Å²) in [6.45, 7) is 3.14. The second-order valence-electron chi connectivity index (χ2n) is 9.43. The van der Waals surface area contributed by atoms with E-state index in [0.29, 0.717) is 23.6 Å². The van der Waals surface area contributed by atoms with Gasteiger partial charge >= 0.3 is 0 Å². The lowest BCUT2D eigenvalue weighted by atomic mass is 10.1. The fourth-order valence-electron chi connectivity index (χ4n) is 4.51. The molecule has 39 heavy (non-hydrogen) atoms. The lowest BCUT2D eigenvalue weighted by Gasteiger charge is -2.30. The van der Waals surface area contributed by atoms with E-state index < -0.39 is 0 Å². The summed E-state index contributed by atoms with van der Waals surface area (Å²) in [6, 6.07) is 32.1. The largest absolute Gasteiger partial charge is 0.352 e. The smallest absolute Gasteiger partial charge is 0.265 e. The number of anilines is 1. The molecule has 2 amide bonds. The standard InChI is InChI=1S/C33H30N2O2S2/c1-23-6-5-7-26(20-23)22-35-29-8-3-4-9-30(29)39-31(33(35)37)21-25-10-14-27(15-11-25)32(36)34-19-18-24-12-16-28(38-2)17-13-24/h3-17,20-21H,18-19,22H2,1-2H3,(H,34,36)/b31-21+. The number of hydrogen-bond donors (Lipinski definition) is 1. The van der Waals surface area contributed by atoms with Crippen LogP contribution in [0.25, 0.3) is 6.08 Å². The van der Waals surface area contributed by atoms with Crippen LogP contribution in [0, 0.1) is 6.92 Å². The molecule has 0 aromatic heterocycles. The number of carbonyl (C=O) groups is 2. The fraction of sp³-hybridized carbons (Fsp3) is 0.152. The zero-order chi connectivity index (χ0) is 27.2. The number of nitrogens with one attached hydrogen (secondary N) is 1. The number of benzene rings is 4. The van der Waals surface area contributed by atoms with Gasteiger partial charge in [-0.1, -0.05) is 78.0 Å². The van der Waals surface area contributed by atoms with Gasteiger partial charge in [0, 0.05) is 21.9 Å². The highest BCUT2D eigenvalue weighted by molar-refractivity contribution is 8.04. The molecule has 196 valence electrons. The third-order valence-electron chi connectivity index (χ3n) is 6.58. The van der Waals surface area contributed by atoms with Crippen LogP contribution in [-0.4, -0.2) is 24.6 Å². The summed E-state index contributed by atoms with van der Waals surface area (Å²) in [5, 5.41) is 3.00. The summed E-state index contributed by atoms with van der Waals surface area (Å²) >= 11 is 3.21. The van der Waals surface area contributed by atoms with Gasteiger partial charge in [0.25, 0.3) is 11.8 Å². The van der Waals surface area contributed by atoms with E-state index in [1.165, 1.54) is 27.8 Å². The average molecular weight is 551 g/mol. The Hall–Kier alpha value is -3.74. The van der Waals surface area contributed by atoms with Crippen molar-refractivity contribution in [1.82, 2.24) is 5.32 Å². The Bertz CT molecular complexity index is 1510. The zero-order valence-corrected chi connectivity index (χ0v) is 23.6. The van der Waals surface area contributed by atoms with Crippen LogP contribution < -0.4 is 10.2 Å². The van der Waals surface area contributed by atoms with E-state index in [9.17, 15) is 9.59 Å². The summed E-state index contributed by atoms with van der Waals surface area (Å²) in [7, 11) is 0. The number of rotatable bonds is 8. The lowest BCUT2D eigenvalue weighted by molar-refractivity contribution is -0.114. The normalized spacial score (nSPS) is 13.8. The van der Waals surface area contributed by atoms with Crippen molar-refractivity contribution in [3.63, 3.8) is 0 Å². The number of nitrogens with zero attached hydrogens (tertiary/aromatic N) is 1. The molecule has 1 N–H and O–H groups in total. The van der Waals surface area contributed by atoms with Gasteiger partial charge in [0.1, 0.15) is 0 Å². The van der Waals surface area contributed by atoms with E-state index in [0.717, 1.165) is 28.1 Å². The number of fused-ring (bicyclic) bond motifs is 1. The second kappa shape index (κ2) is 12.4. The highest BCUT2D eigenvalue weighted by atomic mass is 32.2. The Morgan fingerprint density at radius 1 is 0.923 bits per heavy atom. The molecule has 0 aliphatic carbocycles. The van der Waals surface area contributed by atoms with E-state index in [2.05, 4.69) is 61.0 Å². The molecule has 4 nitrogen and oxygen atoms in total. The van der Waals surface area contributed by atoms with Crippen LogP contribution in [-0.2, 0) is 17.8 Å². The maximum Gasteiger partial charge on any atom is 0.265 e. The van der Waals surface area contributed by atoms with Crippen molar-refractivity contribution < 1.29 is 9.59 Å². The van der Waals surface area contributed by atoms with Crippen molar-refractivity contribution in [3.05, 3.63) is 130 Å². The molecule has 0 saturated heterocycles. The average Bonchev–Trinajstić information content (AvgIpc) is 2.96. The maximum absolute atomic E-state index is 13.6. The molecule has 0 fully saturated rings. The minimum absolute atomic E-state index is 0.0208. The summed E-state index contributed by atoms with van der Waals surface area (Å²) in [4.78, 5) is 31.1. The molecule has 0 atom stereocenters. The van der Waals surface area contributed by atoms with Gasteiger partial charge in [-0.15, -0.1) is 11.8 Å². The molecule has 0 bridgehead atoms. The summed E-state index contributed by atoms with van der Waals surface area (Å²) < 4.78 is 0. The first-order chi connectivity index (χ1) is 19.0. The predicted molar refractivity (Wildman–Crippen MR) is 163 cm³/mol. The van der Waals surface area contributed by atoms with Crippen molar-refractivity contribution in [2.45, 2.75) is 29.7 Å². The summed E-state index contributed by atoms with van der Waals surface area (Å²) in [5.41, 5.74) is 5.87. The first-order valence-electron chi connectivity index (χ1n) is 12.9. The highest BCUT2D eigenvalue weighted by Gasteiger charge is 2.29. The Balaban J connectivity index is 1.27. The third-order valence-corrected chi connectivity index (χ3v) is 8.41. The minimum atomic E-state index is -0.101. The molecular weight excluding hydrogens is 521 g/mol. The molecule has 0 radical (unpaired) electrons. The number of hydrogen-bond acceptors (Lipinski definition) is 4. The lowest BCUT2D eigenvalue weighted by Crippen LogP contribution is -2.33. The van der Waals surface area contributed by atoms with Crippen LogP contribution in [0.3, 0.4) is 0 Å². The van der Waals surface area contributed by atoms with Crippen LogP contribution in [0.15, 0.2) is 112 Å². The Labute approximate surface area is 238 Å². The van der Waals surface area contributed by atoms with Crippen molar-refractivity contribution in [2.24, 2.45) is 0 Å². The number of aryl methyl sites for hydroxylation is 1. The van der Waals surface area contributed by atoms with Gasteiger partial charge < -0.3 is 10.2 Å². The van der Waals surface area contributed by atoms with Gasteiger partial charge in [0.15, 0.2) is 0 Å². The molecule has 0 unspecified atom stereocenters. The predicted octanol–water partition coefficient (Wildman–Crippen LogP) is 7.37. The van der Waals surface area contributed by atoms with Crippen LogP contribution in [0.1, 0.15) is 32.6 Å². The molecule has 1 heterocycles. The Morgan fingerprint density at radius 2 is 1.69 bits per heavy atom. The molecule has 1 aliphatic rings. The molecule has 5 rings (SSSR count). The van der Waals surface area contributed by atoms with E-state index in [-0.39, 0.29) is 11.8 Å². The van der Waals surface area contributed by atoms with Gasteiger partial charge in [0.05, 0.1) is 17.1 Å². The molecule has 4 aromatic carbocycles. The van der Waals surface area contributed by atoms with Crippen molar-refractivity contribution in [3.8, 4) is 0 Å². The number of para-hydroxylation sites is 1. The molecule has 0 spiro atoms. The second-order valence-corrected chi connectivity index (χ2v) is 11.4. The molecule has 1 aliphatic heterocycles. The Kier molecular flexibility index (Phi) is 8.54. The first kappa shape index (κ1) is 26.9. The fourth-order valence-corrected chi connectivity index (χ4v) is 5.98. The van der Waals surface area contributed by atoms with Crippen LogP contribution in [0.5, 0.6) is 0 Å². The maximum atomic E-state index is 13.6. The zero-order valence-electron chi connectivity index (χ0n) is 22.0. The third kappa shape index (κ3) is 6.64. The summed E-state index contributed by atoms with van der Waals surface area (Å²) in [6.07, 6.45) is 4.75. The van der Waals surface area contributed by atoms with Crippen molar-refractivity contribution in [2.75, 3.05) is 17.7 Å². The SMILES string of the molecule is CSc1ccc(CCNC(=O)c2ccc(/C=C3/Sc4ccccc4N(Cc4cccc(C)c4)C3=O)cc2)cc1. The van der Waals surface area contributed by atoms with E-state index in [4.69, 9.17) is 0 Å². The van der Waals surface area contributed by atoms with Crippen LogP contribution in [0.2, 0.25) is 0 Å². The number of carbonyl (C=O) groups excluding carboxylic acids is 2. The van der Waals surface area contributed by atoms with E-state index in [1.54, 1.807) is 11.8 Å². The van der Waals surface area contributed by atoms with Gasteiger partial charge in [-0.05, 0) is 78.8 Å². The first-order valence-corrected chi connectivity index (χ1v) is 14.9.